The van der Waals surface area contributed by atoms with Gasteiger partial charge in [-0.25, -0.2) is 4.39 Å². The van der Waals surface area contributed by atoms with Crippen LogP contribution in [0.15, 0.2) is 41.4 Å². The number of hydrogen-bond acceptors (Lipinski definition) is 1. The van der Waals surface area contributed by atoms with Crippen molar-refractivity contribution < 1.29 is 4.39 Å². The van der Waals surface area contributed by atoms with Gasteiger partial charge in [-0.3, -0.25) is 4.99 Å². The van der Waals surface area contributed by atoms with E-state index in [1.54, 1.807) is 13.1 Å². The maximum absolute atomic E-state index is 12.9. The highest BCUT2D eigenvalue weighted by Crippen LogP contribution is 2.06. The first-order valence-corrected chi connectivity index (χ1v) is 4.67. The van der Waals surface area contributed by atoms with Crippen LogP contribution in [-0.4, -0.2) is 12.8 Å². The molecule has 0 N–H and O–H groups in total. The van der Waals surface area contributed by atoms with E-state index in [0.29, 0.717) is 0 Å². The SMILES string of the molecule is CC/C=C\C(=NC)c1cccc(F)c1. The minimum Gasteiger partial charge on any atom is -0.288 e. The van der Waals surface area contributed by atoms with Gasteiger partial charge in [0, 0.05) is 12.6 Å². The predicted molar refractivity (Wildman–Crippen MR) is 58.3 cm³/mol. The molecule has 0 aromatic heterocycles. The van der Waals surface area contributed by atoms with E-state index in [1.807, 2.05) is 18.2 Å². The lowest BCUT2D eigenvalue weighted by molar-refractivity contribution is 0.627. The Balaban J connectivity index is 2.96. The molecule has 1 aromatic carbocycles. The molecule has 0 saturated carbocycles. The lowest BCUT2D eigenvalue weighted by Gasteiger charge is -2.00. The van der Waals surface area contributed by atoms with E-state index in [2.05, 4.69) is 11.9 Å². The smallest absolute Gasteiger partial charge is 0.123 e. The molecule has 0 bridgehead atoms. The molecule has 2 heteroatoms. The molecule has 0 aliphatic rings. The highest BCUT2D eigenvalue weighted by atomic mass is 19.1. The van der Waals surface area contributed by atoms with Crippen LogP contribution in [0.2, 0.25) is 0 Å². The van der Waals surface area contributed by atoms with Crippen LogP contribution in [-0.2, 0) is 0 Å². The lowest BCUT2D eigenvalue weighted by Crippen LogP contribution is -1.96. The Kier molecular flexibility index (Phi) is 4.05. The van der Waals surface area contributed by atoms with Gasteiger partial charge < -0.3 is 0 Å². The third-order valence-electron chi connectivity index (χ3n) is 1.87. The molecule has 0 aliphatic carbocycles. The second kappa shape index (κ2) is 5.32. The summed E-state index contributed by atoms with van der Waals surface area (Å²) in [6.07, 6.45) is 4.87. The Morgan fingerprint density at radius 1 is 1.50 bits per heavy atom. The molecule has 0 radical (unpaired) electrons. The quantitative estimate of drug-likeness (QED) is 0.650. The lowest BCUT2D eigenvalue weighted by atomic mass is 10.1. The van der Waals surface area contributed by atoms with E-state index in [0.717, 1.165) is 17.7 Å². The summed E-state index contributed by atoms with van der Waals surface area (Å²) < 4.78 is 12.9. The van der Waals surface area contributed by atoms with Crippen LogP contribution in [0.3, 0.4) is 0 Å². The Bertz CT molecular complexity index is 353. The fraction of sp³-hybridized carbons (Fsp3) is 0.250. The standard InChI is InChI=1S/C12H14FN/c1-3-4-8-12(14-2)10-6-5-7-11(13)9-10/h4-9H,3H2,1-2H3/b8-4-,14-12?. The molecule has 0 heterocycles. The van der Waals surface area contributed by atoms with Crippen LogP contribution in [0.25, 0.3) is 0 Å². The highest BCUT2D eigenvalue weighted by molar-refractivity contribution is 6.08. The van der Waals surface area contributed by atoms with Crippen LogP contribution in [0, 0.1) is 5.82 Å². The molecule has 74 valence electrons. The van der Waals surface area contributed by atoms with Gasteiger partial charge in [-0.1, -0.05) is 25.1 Å². The zero-order chi connectivity index (χ0) is 10.4. The normalized spacial score (nSPS) is 12.4. The first kappa shape index (κ1) is 10.6. The number of aliphatic imine (C=N–C) groups is 1. The Morgan fingerprint density at radius 2 is 2.29 bits per heavy atom. The zero-order valence-corrected chi connectivity index (χ0v) is 8.50. The van der Waals surface area contributed by atoms with Crippen molar-refractivity contribution in [3.05, 3.63) is 47.8 Å². The van der Waals surface area contributed by atoms with E-state index in [4.69, 9.17) is 0 Å². The van der Waals surface area contributed by atoms with Gasteiger partial charge in [-0.2, -0.15) is 0 Å². The van der Waals surface area contributed by atoms with Crippen LogP contribution < -0.4 is 0 Å². The number of benzene rings is 1. The van der Waals surface area contributed by atoms with E-state index in [-0.39, 0.29) is 5.82 Å². The number of allylic oxidation sites excluding steroid dienone is 2. The highest BCUT2D eigenvalue weighted by Gasteiger charge is 1.99. The van der Waals surface area contributed by atoms with Crippen LogP contribution in [0.5, 0.6) is 0 Å². The molecule has 0 saturated heterocycles. The fourth-order valence-corrected chi connectivity index (χ4v) is 1.18. The number of halogens is 1. The van der Waals surface area contributed by atoms with Crippen molar-refractivity contribution in [3.63, 3.8) is 0 Å². The summed E-state index contributed by atoms with van der Waals surface area (Å²) in [6, 6.07) is 6.46. The average Bonchev–Trinajstić information content (AvgIpc) is 2.19. The van der Waals surface area contributed by atoms with Gasteiger partial charge in [0.15, 0.2) is 0 Å². The summed E-state index contributed by atoms with van der Waals surface area (Å²) in [5.74, 6) is -0.228. The molecule has 0 unspecified atom stereocenters. The number of nitrogens with zero attached hydrogens (tertiary/aromatic N) is 1. The third kappa shape index (κ3) is 2.80. The molecule has 0 fully saturated rings. The van der Waals surface area contributed by atoms with Crippen molar-refractivity contribution in [1.29, 1.82) is 0 Å². The topological polar surface area (TPSA) is 12.4 Å². The maximum Gasteiger partial charge on any atom is 0.123 e. The Morgan fingerprint density at radius 3 is 2.86 bits per heavy atom. The molecule has 0 amide bonds. The summed E-state index contributed by atoms with van der Waals surface area (Å²) >= 11 is 0. The van der Waals surface area contributed by atoms with Crippen LogP contribution in [0.1, 0.15) is 18.9 Å². The molecule has 0 spiro atoms. The largest absolute Gasteiger partial charge is 0.288 e. The van der Waals surface area contributed by atoms with Gasteiger partial charge in [-0.05, 0) is 24.6 Å². The predicted octanol–water partition coefficient (Wildman–Crippen LogP) is 3.21. The van der Waals surface area contributed by atoms with E-state index in [9.17, 15) is 4.39 Å². The van der Waals surface area contributed by atoms with Gasteiger partial charge in [0.05, 0.1) is 5.71 Å². The van der Waals surface area contributed by atoms with Crippen molar-refractivity contribution >= 4 is 5.71 Å². The van der Waals surface area contributed by atoms with Crippen molar-refractivity contribution in [1.82, 2.24) is 0 Å². The summed E-state index contributed by atoms with van der Waals surface area (Å²) in [6.45, 7) is 2.05. The molecular weight excluding hydrogens is 177 g/mol. The number of hydrogen-bond donors (Lipinski definition) is 0. The fourth-order valence-electron chi connectivity index (χ4n) is 1.18. The van der Waals surface area contributed by atoms with Crippen LogP contribution >= 0.6 is 0 Å². The van der Waals surface area contributed by atoms with Gasteiger partial charge in [0.2, 0.25) is 0 Å². The van der Waals surface area contributed by atoms with E-state index in [1.165, 1.54) is 12.1 Å². The first-order valence-electron chi connectivity index (χ1n) is 4.67. The van der Waals surface area contributed by atoms with Crippen molar-refractivity contribution in [3.8, 4) is 0 Å². The van der Waals surface area contributed by atoms with Gasteiger partial charge in [-0.15, -0.1) is 0 Å². The van der Waals surface area contributed by atoms with Gasteiger partial charge in [0.25, 0.3) is 0 Å². The summed E-state index contributed by atoms with van der Waals surface area (Å²) in [5.41, 5.74) is 1.63. The molecule has 1 aromatic rings. The van der Waals surface area contributed by atoms with E-state index < -0.39 is 0 Å². The third-order valence-corrected chi connectivity index (χ3v) is 1.87. The summed E-state index contributed by atoms with van der Waals surface area (Å²) in [4.78, 5) is 4.10. The van der Waals surface area contributed by atoms with Crippen LogP contribution in [0.4, 0.5) is 4.39 Å². The van der Waals surface area contributed by atoms with Crippen molar-refractivity contribution in [2.45, 2.75) is 13.3 Å². The maximum atomic E-state index is 12.9. The number of rotatable bonds is 3. The van der Waals surface area contributed by atoms with Gasteiger partial charge >= 0.3 is 0 Å². The molecular formula is C12H14FN. The molecule has 0 aliphatic heterocycles. The van der Waals surface area contributed by atoms with E-state index >= 15 is 0 Å². The van der Waals surface area contributed by atoms with Crippen molar-refractivity contribution in [2.75, 3.05) is 7.05 Å². The summed E-state index contributed by atoms with van der Waals surface area (Å²) in [7, 11) is 1.71. The molecule has 0 atom stereocenters. The molecule has 14 heavy (non-hydrogen) atoms. The minimum atomic E-state index is -0.228. The minimum absolute atomic E-state index is 0.228. The van der Waals surface area contributed by atoms with Gasteiger partial charge in [0.1, 0.15) is 5.82 Å². The average molecular weight is 191 g/mol. The molecule has 1 rings (SSSR count). The Labute approximate surface area is 84.0 Å². The Hall–Kier alpha value is -1.44. The van der Waals surface area contributed by atoms with Crippen molar-refractivity contribution in [2.24, 2.45) is 4.99 Å². The zero-order valence-electron chi connectivity index (χ0n) is 8.50. The summed E-state index contributed by atoms with van der Waals surface area (Å²) in [5, 5.41) is 0. The second-order valence-electron chi connectivity index (χ2n) is 2.93. The molecule has 1 nitrogen and oxygen atoms in total. The second-order valence-corrected chi connectivity index (χ2v) is 2.93. The monoisotopic (exact) mass is 191 g/mol. The first-order chi connectivity index (χ1) is 6.77.